The van der Waals surface area contributed by atoms with Crippen LogP contribution in [0.5, 0.6) is 0 Å². The van der Waals surface area contributed by atoms with Gasteiger partial charge in [0.2, 0.25) is 6.29 Å². The van der Waals surface area contributed by atoms with Gasteiger partial charge in [0.15, 0.2) is 0 Å². The SMILES string of the molecule is O=C(O)OC1O[C@H](CO)[C@@H](O)[C@@H]1O. The lowest BCUT2D eigenvalue weighted by Crippen LogP contribution is -2.35. The average molecular weight is 194 g/mol. The van der Waals surface area contributed by atoms with E-state index >= 15 is 0 Å². The van der Waals surface area contributed by atoms with E-state index in [2.05, 4.69) is 4.74 Å². The van der Waals surface area contributed by atoms with Crippen molar-refractivity contribution in [3.63, 3.8) is 0 Å². The van der Waals surface area contributed by atoms with Gasteiger partial charge in [0.1, 0.15) is 18.3 Å². The van der Waals surface area contributed by atoms with E-state index in [9.17, 15) is 4.79 Å². The largest absolute Gasteiger partial charge is 0.508 e. The normalized spacial score (nSPS) is 39.0. The Hall–Kier alpha value is -0.890. The lowest BCUT2D eigenvalue weighted by molar-refractivity contribution is -0.145. The highest BCUT2D eigenvalue weighted by atomic mass is 16.8. The molecule has 1 aliphatic rings. The van der Waals surface area contributed by atoms with Crippen LogP contribution < -0.4 is 0 Å². The first-order valence-corrected chi connectivity index (χ1v) is 3.58. The highest BCUT2D eigenvalue weighted by Crippen LogP contribution is 2.21. The third kappa shape index (κ3) is 2.07. The summed E-state index contributed by atoms with van der Waals surface area (Å²) in [5.74, 6) is 0. The molecule has 4 N–H and O–H groups in total. The summed E-state index contributed by atoms with van der Waals surface area (Å²) < 4.78 is 8.79. The Morgan fingerprint density at radius 2 is 2.00 bits per heavy atom. The monoisotopic (exact) mass is 194 g/mol. The maximum Gasteiger partial charge on any atom is 0.508 e. The number of carbonyl (C=O) groups is 1. The molecule has 76 valence electrons. The van der Waals surface area contributed by atoms with E-state index in [1.807, 2.05) is 0 Å². The smallest absolute Gasteiger partial charge is 0.450 e. The molecule has 0 aliphatic carbocycles. The Labute approximate surface area is 73.1 Å². The van der Waals surface area contributed by atoms with Gasteiger partial charge in [0.05, 0.1) is 6.61 Å². The molecule has 7 nitrogen and oxygen atoms in total. The predicted molar refractivity (Wildman–Crippen MR) is 36.9 cm³/mol. The second-order valence-corrected chi connectivity index (χ2v) is 2.59. The molecule has 0 aromatic heterocycles. The van der Waals surface area contributed by atoms with E-state index < -0.39 is 37.4 Å². The number of hydrogen-bond acceptors (Lipinski definition) is 6. The Balaban J connectivity index is 2.55. The predicted octanol–water partition coefficient (Wildman–Crippen LogP) is -1.88. The summed E-state index contributed by atoms with van der Waals surface area (Å²) in [4.78, 5) is 10.0. The summed E-state index contributed by atoms with van der Waals surface area (Å²) in [6, 6.07) is 0. The first kappa shape index (κ1) is 10.2. The first-order chi connectivity index (χ1) is 6.06. The van der Waals surface area contributed by atoms with Crippen molar-refractivity contribution in [2.24, 2.45) is 0 Å². The van der Waals surface area contributed by atoms with Crippen molar-refractivity contribution in [1.29, 1.82) is 0 Å². The van der Waals surface area contributed by atoms with Crippen LogP contribution in [0.4, 0.5) is 4.79 Å². The summed E-state index contributed by atoms with van der Waals surface area (Å²) in [7, 11) is 0. The van der Waals surface area contributed by atoms with Gasteiger partial charge in [-0.15, -0.1) is 0 Å². The molecule has 1 fully saturated rings. The summed E-state index contributed by atoms with van der Waals surface area (Å²) in [5.41, 5.74) is 0. The van der Waals surface area contributed by atoms with Crippen LogP contribution in [0.2, 0.25) is 0 Å². The van der Waals surface area contributed by atoms with E-state index in [-0.39, 0.29) is 0 Å². The maximum atomic E-state index is 10.0. The zero-order chi connectivity index (χ0) is 10.0. The molecule has 7 heteroatoms. The van der Waals surface area contributed by atoms with Gasteiger partial charge >= 0.3 is 6.16 Å². The first-order valence-electron chi connectivity index (χ1n) is 3.58. The van der Waals surface area contributed by atoms with E-state index in [1.54, 1.807) is 0 Å². The zero-order valence-electron chi connectivity index (χ0n) is 6.53. The third-order valence-electron chi connectivity index (χ3n) is 1.72. The highest BCUT2D eigenvalue weighted by Gasteiger charge is 2.44. The lowest BCUT2D eigenvalue weighted by Gasteiger charge is -2.12. The fourth-order valence-corrected chi connectivity index (χ4v) is 1.06. The van der Waals surface area contributed by atoms with Crippen LogP contribution in [0.3, 0.4) is 0 Å². The summed E-state index contributed by atoms with van der Waals surface area (Å²) in [6.45, 7) is -0.516. The van der Waals surface area contributed by atoms with Gasteiger partial charge in [0.25, 0.3) is 0 Å². The Morgan fingerprint density at radius 1 is 1.38 bits per heavy atom. The number of aliphatic hydroxyl groups is 3. The number of aliphatic hydroxyl groups excluding tert-OH is 3. The van der Waals surface area contributed by atoms with Crippen LogP contribution in [0.25, 0.3) is 0 Å². The van der Waals surface area contributed by atoms with Crippen LogP contribution in [-0.2, 0) is 9.47 Å². The average Bonchev–Trinajstić information content (AvgIpc) is 2.32. The minimum Gasteiger partial charge on any atom is -0.450 e. The fourth-order valence-electron chi connectivity index (χ4n) is 1.06. The molecule has 1 unspecified atom stereocenters. The molecule has 1 rings (SSSR count). The summed E-state index contributed by atoms with van der Waals surface area (Å²) in [6.07, 6.45) is -6.87. The topological polar surface area (TPSA) is 116 Å². The molecule has 0 saturated carbocycles. The minimum absolute atomic E-state index is 0.516. The molecule has 0 amide bonds. The van der Waals surface area contributed by atoms with E-state index in [4.69, 9.17) is 25.2 Å². The van der Waals surface area contributed by atoms with E-state index in [0.717, 1.165) is 0 Å². The van der Waals surface area contributed by atoms with Gasteiger partial charge in [-0.05, 0) is 0 Å². The maximum absolute atomic E-state index is 10.0. The quantitative estimate of drug-likeness (QED) is 0.380. The van der Waals surface area contributed by atoms with Crippen molar-refractivity contribution < 1.29 is 34.7 Å². The third-order valence-corrected chi connectivity index (χ3v) is 1.72. The number of rotatable bonds is 2. The van der Waals surface area contributed by atoms with Crippen molar-refractivity contribution in [3.8, 4) is 0 Å². The van der Waals surface area contributed by atoms with Gasteiger partial charge in [-0.25, -0.2) is 4.79 Å². The van der Waals surface area contributed by atoms with E-state index in [1.165, 1.54) is 0 Å². The van der Waals surface area contributed by atoms with Crippen molar-refractivity contribution in [2.75, 3.05) is 6.61 Å². The highest BCUT2D eigenvalue weighted by molar-refractivity contribution is 5.57. The Bertz CT molecular complexity index is 193. The number of ether oxygens (including phenoxy) is 2. The number of carboxylic acid groups (broad SMARTS) is 1. The molecule has 1 aliphatic heterocycles. The number of hydrogen-bond donors (Lipinski definition) is 4. The molecular formula is C6H10O7. The molecule has 1 saturated heterocycles. The molecule has 0 bridgehead atoms. The van der Waals surface area contributed by atoms with Gasteiger partial charge in [-0.2, -0.15) is 0 Å². The minimum atomic E-state index is -1.62. The summed E-state index contributed by atoms with van der Waals surface area (Å²) in [5, 5.41) is 35.1. The Morgan fingerprint density at radius 3 is 2.38 bits per heavy atom. The molecule has 0 radical (unpaired) electrons. The second-order valence-electron chi connectivity index (χ2n) is 2.59. The molecule has 1 heterocycles. The Kier molecular flexibility index (Phi) is 3.04. The van der Waals surface area contributed by atoms with Crippen molar-refractivity contribution >= 4 is 6.16 Å². The van der Waals surface area contributed by atoms with Gasteiger partial charge < -0.3 is 29.9 Å². The second kappa shape index (κ2) is 3.88. The van der Waals surface area contributed by atoms with Gasteiger partial charge in [-0.3, -0.25) is 0 Å². The summed E-state index contributed by atoms with van der Waals surface area (Å²) >= 11 is 0. The van der Waals surface area contributed by atoms with Crippen LogP contribution in [0.1, 0.15) is 0 Å². The molecule has 13 heavy (non-hydrogen) atoms. The standard InChI is InChI=1S/C6H10O7/c7-1-2-3(8)4(9)5(12-2)13-6(10)11/h2-5,7-9H,1H2,(H,10,11)/t2-,3-,4+,5?/m1/s1. The van der Waals surface area contributed by atoms with Crippen LogP contribution in [0, 0.1) is 0 Å². The molecule has 0 aromatic carbocycles. The van der Waals surface area contributed by atoms with Gasteiger partial charge in [0, 0.05) is 0 Å². The van der Waals surface area contributed by atoms with E-state index in [0.29, 0.717) is 0 Å². The van der Waals surface area contributed by atoms with Crippen LogP contribution in [-0.4, -0.2) is 57.8 Å². The zero-order valence-corrected chi connectivity index (χ0v) is 6.53. The van der Waals surface area contributed by atoms with Crippen molar-refractivity contribution in [1.82, 2.24) is 0 Å². The molecule has 0 aromatic rings. The molecular weight excluding hydrogens is 184 g/mol. The van der Waals surface area contributed by atoms with Gasteiger partial charge in [-0.1, -0.05) is 0 Å². The molecule has 4 atom stereocenters. The van der Waals surface area contributed by atoms with Crippen LogP contribution in [0.15, 0.2) is 0 Å². The lowest BCUT2D eigenvalue weighted by atomic mass is 10.1. The van der Waals surface area contributed by atoms with Crippen molar-refractivity contribution in [3.05, 3.63) is 0 Å². The van der Waals surface area contributed by atoms with Crippen molar-refractivity contribution in [2.45, 2.75) is 24.6 Å². The fraction of sp³-hybridized carbons (Fsp3) is 0.833. The molecule has 0 spiro atoms. The van der Waals surface area contributed by atoms with Crippen LogP contribution >= 0.6 is 0 Å².